The lowest BCUT2D eigenvalue weighted by atomic mass is 9.87. The highest BCUT2D eigenvalue weighted by Gasteiger charge is 2.38. The Morgan fingerprint density at radius 1 is 0.534 bits per heavy atom. The zero-order valence-corrected chi connectivity index (χ0v) is 54.0. The molecule has 5 aliphatic heterocycles. The maximum atomic E-state index is 11.7. The molecular formula is C57H100O6S10. The van der Waals surface area contributed by atoms with Crippen LogP contribution in [0, 0.1) is 29.6 Å². The summed E-state index contributed by atoms with van der Waals surface area (Å²) < 4.78 is 13.5. The summed E-state index contributed by atoms with van der Waals surface area (Å²) in [7, 11) is 0. The SMILES string of the molecule is C1CCC2CC2C1.C1CSCSC1.C=C(C)C(=O)OC(C)CC1SCCCS1.C=C(C)C(=O)OC1CCCCC1C1SCCCS1.CC(O)CC1SCCCS1.CC1CC1.OC1CCCCC1C1SCCCS1. The molecule has 5 heterocycles. The summed E-state index contributed by atoms with van der Waals surface area (Å²) in [5.74, 6) is 17.1. The Bertz CT molecular complexity index is 1460. The molecule has 0 bridgehead atoms. The highest BCUT2D eigenvalue weighted by atomic mass is 32.2. The van der Waals surface area contributed by atoms with E-state index in [0.29, 0.717) is 41.3 Å². The first kappa shape index (κ1) is 67.3. The molecule has 8 unspecified atom stereocenters. The number of aliphatic hydroxyl groups excluding tert-OH is 2. The van der Waals surface area contributed by atoms with Gasteiger partial charge in [-0.05, 0) is 180 Å². The zero-order valence-electron chi connectivity index (χ0n) is 45.9. The molecule has 0 aromatic heterocycles. The number of hydrogen-bond acceptors (Lipinski definition) is 16. The number of carbonyl (C=O) groups excluding carboxylic acids is 2. The van der Waals surface area contributed by atoms with Crippen LogP contribution in [-0.4, -0.2) is 128 Å². The smallest absolute Gasteiger partial charge is 0.333 e. The van der Waals surface area contributed by atoms with Gasteiger partial charge in [0.1, 0.15) is 12.2 Å². The predicted molar refractivity (Wildman–Crippen MR) is 342 cm³/mol. The van der Waals surface area contributed by atoms with E-state index in [1.807, 2.05) is 60.9 Å². The van der Waals surface area contributed by atoms with Gasteiger partial charge in [-0.25, -0.2) is 9.59 Å². The van der Waals surface area contributed by atoms with Gasteiger partial charge in [0, 0.05) is 34.5 Å². The second-order valence-corrected chi connectivity index (χ2v) is 35.5. The number of thioether (sulfide) groups is 10. The summed E-state index contributed by atoms with van der Waals surface area (Å²) in [4.78, 5) is 23.0. The number of hydrogen-bond donors (Lipinski definition) is 2. The van der Waals surface area contributed by atoms with Gasteiger partial charge >= 0.3 is 11.9 Å². The topological polar surface area (TPSA) is 93.1 Å². The molecule has 0 amide bonds. The first-order chi connectivity index (χ1) is 35.3. The summed E-state index contributed by atoms with van der Waals surface area (Å²) in [6, 6.07) is 0. The fourth-order valence-electron chi connectivity index (χ4n) is 9.45. The van der Waals surface area contributed by atoms with Crippen LogP contribution in [0.25, 0.3) is 0 Å². The van der Waals surface area contributed by atoms with Gasteiger partial charge in [0.2, 0.25) is 0 Å². The van der Waals surface area contributed by atoms with Crippen molar-refractivity contribution in [2.75, 3.05) is 62.6 Å². The Morgan fingerprint density at radius 2 is 0.945 bits per heavy atom. The molecule has 10 aliphatic rings. The third-order valence-electron chi connectivity index (χ3n) is 14.1. The molecule has 2 N–H and O–H groups in total. The lowest BCUT2D eigenvalue weighted by Crippen LogP contribution is -2.36. The highest BCUT2D eigenvalue weighted by Crippen LogP contribution is 2.49. The van der Waals surface area contributed by atoms with Crippen LogP contribution in [0.2, 0.25) is 0 Å². The number of carbonyl (C=O) groups is 2. The van der Waals surface area contributed by atoms with E-state index in [-0.39, 0.29) is 36.4 Å². The maximum Gasteiger partial charge on any atom is 0.333 e. The van der Waals surface area contributed by atoms with Gasteiger partial charge in [0.25, 0.3) is 0 Å². The molecule has 5 aliphatic carbocycles. The summed E-state index contributed by atoms with van der Waals surface area (Å²) >= 11 is 20.3. The van der Waals surface area contributed by atoms with Gasteiger partial charge in [-0.15, -0.1) is 94.1 Å². The number of fused-ring (bicyclic) bond motifs is 1. The predicted octanol–water partition coefficient (Wildman–Crippen LogP) is 17.1. The minimum Gasteiger partial charge on any atom is -0.459 e. The van der Waals surface area contributed by atoms with Crippen molar-refractivity contribution in [3.05, 3.63) is 24.3 Å². The summed E-state index contributed by atoms with van der Waals surface area (Å²) in [5.41, 5.74) is 0.995. The lowest BCUT2D eigenvalue weighted by Gasteiger charge is -2.37. The van der Waals surface area contributed by atoms with Gasteiger partial charge in [0.05, 0.1) is 30.5 Å². The van der Waals surface area contributed by atoms with E-state index >= 15 is 0 Å². The molecule has 73 heavy (non-hydrogen) atoms. The van der Waals surface area contributed by atoms with Crippen molar-refractivity contribution in [3.8, 4) is 0 Å². The second-order valence-electron chi connectivity index (χ2n) is 21.5. The van der Waals surface area contributed by atoms with E-state index < -0.39 is 0 Å². The lowest BCUT2D eigenvalue weighted by molar-refractivity contribution is -0.148. The van der Waals surface area contributed by atoms with Crippen LogP contribution in [0.1, 0.15) is 176 Å². The number of rotatable bonds is 10. The van der Waals surface area contributed by atoms with Crippen molar-refractivity contribution in [1.29, 1.82) is 0 Å². The van der Waals surface area contributed by atoms with Gasteiger partial charge in [-0.2, -0.15) is 23.5 Å². The average molecular weight is 1200 g/mol. The zero-order chi connectivity index (χ0) is 52.6. The number of aliphatic hydroxyl groups is 2. The largest absolute Gasteiger partial charge is 0.459 e. The Labute approximate surface area is 489 Å². The van der Waals surface area contributed by atoms with E-state index in [2.05, 4.69) is 90.7 Å². The van der Waals surface area contributed by atoms with E-state index in [1.165, 1.54) is 171 Å². The minimum absolute atomic E-state index is 0.00250. The van der Waals surface area contributed by atoms with Crippen molar-refractivity contribution in [1.82, 2.24) is 0 Å². The normalized spacial score (nSPS) is 29.5. The highest BCUT2D eigenvalue weighted by molar-refractivity contribution is 8.19. The van der Waals surface area contributed by atoms with Crippen molar-refractivity contribution in [3.63, 3.8) is 0 Å². The number of ether oxygens (including phenoxy) is 2. The van der Waals surface area contributed by atoms with Gasteiger partial charge in [0.15, 0.2) is 0 Å². The van der Waals surface area contributed by atoms with Gasteiger partial charge in [-0.1, -0.05) is 77.9 Å². The molecule has 5 saturated carbocycles. The van der Waals surface area contributed by atoms with Crippen LogP contribution >= 0.6 is 118 Å². The first-order valence-corrected chi connectivity index (χ1v) is 39.2. The molecular weight excluding hydrogens is 1100 g/mol. The molecule has 0 radical (unpaired) electrons. The Kier molecular flexibility index (Phi) is 37.8. The summed E-state index contributed by atoms with van der Waals surface area (Å²) in [5, 5.41) is 20.3. The second kappa shape index (κ2) is 40.9. The van der Waals surface area contributed by atoms with Crippen molar-refractivity contribution < 1.29 is 29.3 Å². The van der Waals surface area contributed by atoms with E-state index in [4.69, 9.17) is 14.6 Å². The molecule has 5 saturated heterocycles. The fraction of sp³-hybridized carbons (Fsp3) is 0.895. The number of esters is 2. The van der Waals surface area contributed by atoms with Crippen LogP contribution in [0.5, 0.6) is 0 Å². The van der Waals surface area contributed by atoms with E-state index in [0.717, 1.165) is 31.6 Å². The van der Waals surface area contributed by atoms with Crippen molar-refractivity contribution in [2.24, 2.45) is 29.6 Å². The van der Waals surface area contributed by atoms with Crippen molar-refractivity contribution >= 4 is 130 Å². The minimum atomic E-state index is -0.270. The quantitative estimate of drug-likeness (QED) is 0.160. The van der Waals surface area contributed by atoms with Crippen LogP contribution < -0.4 is 0 Å². The molecule has 0 spiro atoms. The first-order valence-electron chi connectivity index (χ1n) is 28.5. The van der Waals surface area contributed by atoms with Crippen LogP contribution in [0.4, 0.5) is 0 Å². The van der Waals surface area contributed by atoms with E-state index in [9.17, 15) is 14.7 Å². The molecule has 424 valence electrons. The average Bonchev–Trinajstić information content (AvgIpc) is 4.37. The molecule has 10 fully saturated rings. The molecule has 10 rings (SSSR count). The fourth-order valence-corrected chi connectivity index (χ4v) is 24.7. The Hall–Kier alpha value is 1.84. The Balaban J connectivity index is 0.000000192. The molecule has 0 aromatic rings. The Morgan fingerprint density at radius 3 is 1.36 bits per heavy atom. The standard InChI is InChI=1S/C14H22O2S2.C11H18O2S2.C10H18OS2.C7H14OS2.C7H12.C4H8S2.C4H8/c1-10(2)13(15)16-12-7-4-3-6-11(12)14-17-8-5-9-18-14;1-8(2)11(12)13-9(3)7-10-14-5-4-6-15-10;11-9-5-2-1-4-8(9)10-12-6-3-7-13-10;1-6(8)5-7-9-3-2-4-10-7;1-2-4-7-5-6(7)3-1;1-2-5-4-6-3-1;1-4-2-3-4/h11-12,14H,1,3-9H2,2H3;9-10H,1,4-7H2,2-3H3;8-11H,1-7H2;6-8H,2-5H2,1H3;6-7H,1-5H2;1-4H2;4H,2-3H2,1H3. The molecule has 16 heteroatoms. The van der Waals surface area contributed by atoms with Crippen LogP contribution in [-0.2, 0) is 19.1 Å². The third kappa shape index (κ3) is 31.6. The van der Waals surface area contributed by atoms with Gasteiger partial charge < -0.3 is 19.7 Å². The van der Waals surface area contributed by atoms with Gasteiger partial charge in [-0.3, -0.25) is 0 Å². The monoisotopic (exact) mass is 1200 g/mol. The van der Waals surface area contributed by atoms with Crippen LogP contribution in [0.15, 0.2) is 24.3 Å². The van der Waals surface area contributed by atoms with Crippen molar-refractivity contribution in [2.45, 2.75) is 219 Å². The maximum absolute atomic E-state index is 11.7. The summed E-state index contributed by atoms with van der Waals surface area (Å²) in [6.45, 7) is 16.8. The van der Waals surface area contributed by atoms with Crippen LogP contribution in [0.3, 0.4) is 0 Å². The molecule has 6 nitrogen and oxygen atoms in total. The summed E-state index contributed by atoms with van der Waals surface area (Å²) in [6.07, 6.45) is 28.9. The third-order valence-corrected chi connectivity index (χ3v) is 29.1. The molecule has 8 atom stereocenters. The van der Waals surface area contributed by atoms with E-state index in [1.54, 1.807) is 33.1 Å². The molecule has 0 aromatic carbocycles.